The number of aryl methyl sites for hydroxylation is 4. The molecule has 0 atom stereocenters. The van der Waals surface area contributed by atoms with Crippen LogP contribution in [0, 0.1) is 22.7 Å². The van der Waals surface area contributed by atoms with Crippen molar-refractivity contribution in [3.63, 3.8) is 0 Å². The minimum Gasteiger partial charge on any atom is -0.465 e. The summed E-state index contributed by atoms with van der Waals surface area (Å²) in [6.45, 7) is 12.6. The Morgan fingerprint density at radius 1 is 0.621 bits per heavy atom. The molecule has 0 radical (unpaired) electrons. The molecule has 354 valence electrons. The fourth-order valence-electron chi connectivity index (χ4n) is 8.38. The Kier molecular flexibility index (Phi) is 24.0. The largest absolute Gasteiger partial charge is 0.465 e. The molecular weight excluding hydrogens is 837 g/mol. The van der Waals surface area contributed by atoms with Crippen LogP contribution in [0.3, 0.4) is 0 Å². The van der Waals surface area contributed by atoms with E-state index in [-0.39, 0.29) is 29.8 Å². The summed E-state index contributed by atoms with van der Waals surface area (Å²) in [5.74, 6) is 13.3. The number of amides is 3. The average molecular weight is 905 g/mol. The first-order chi connectivity index (χ1) is 31.4. The fraction of sp³-hybridized carbons (Fsp3) is 0.412. The average Bonchev–Trinajstić information content (AvgIpc) is 3.38. The lowest BCUT2D eigenvalue weighted by atomic mass is 9.88. The van der Waals surface area contributed by atoms with Gasteiger partial charge in [-0.25, -0.2) is 10.6 Å². The van der Waals surface area contributed by atoms with E-state index in [0.717, 1.165) is 60.8 Å². The van der Waals surface area contributed by atoms with Crippen molar-refractivity contribution in [2.24, 2.45) is 17.5 Å². The summed E-state index contributed by atoms with van der Waals surface area (Å²) in [6, 6.07) is 27.1. The molecule has 15 heteroatoms. The number of hydrogen-bond donors (Lipinski definition) is 5. The molecule has 0 bridgehead atoms. The number of aliphatic hydroxyl groups is 1. The summed E-state index contributed by atoms with van der Waals surface area (Å²) in [5, 5.41) is 25.5. The van der Waals surface area contributed by atoms with Crippen molar-refractivity contribution in [1.29, 1.82) is 10.5 Å². The molecule has 2 heterocycles. The zero-order valence-electron chi connectivity index (χ0n) is 39.3. The van der Waals surface area contributed by atoms with Crippen LogP contribution >= 0.6 is 0 Å². The number of nitrogens with zero attached hydrogens (tertiary/aromatic N) is 4. The highest BCUT2D eigenvalue weighted by Gasteiger charge is 2.29. The van der Waals surface area contributed by atoms with Gasteiger partial charge < -0.3 is 25.1 Å². The molecule has 2 aliphatic heterocycles. The second-order valence-electron chi connectivity index (χ2n) is 15.6. The lowest BCUT2D eigenvalue weighted by Crippen LogP contribution is -2.38. The van der Waals surface area contributed by atoms with Crippen molar-refractivity contribution in [1.82, 2.24) is 15.2 Å². The maximum absolute atomic E-state index is 13.3. The number of rotatable bonds is 10. The standard InChI is InChI=1S/C25H28N2O3.C24H28N4O2.C2H6O.H4N2.H2O/c1-4-18-14-19(5-2)23(25(29)30-3)15-22(18)24(28)27-12-10-21(11-13-27)20-8-6-17(16-26)7-9-20;1-3-17-13-18(4-2)22(14-21(17)23(29)27-26)24(30)28-11-9-20(10-12-28)19-7-5-16(15-25)6-8-19;1-2-3;1-2;/h6-9,14-15,21H,4-5,10-13H2,1-3H3;5-8,13-14,20H,3-4,9-12,26H2,1-2H3,(H,27,29);3H,2H2,1H3;1-2H2;1H2. The monoisotopic (exact) mass is 905 g/mol. The molecule has 15 nitrogen and oxygen atoms in total. The summed E-state index contributed by atoms with van der Waals surface area (Å²) in [5.41, 5.74) is 11.8. The Hall–Kier alpha value is -6.46. The van der Waals surface area contributed by atoms with Crippen LogP contribution in [0.25, 0.3) is 0 Å². The number of ether oxygens (including phenoxy) is 1. The zero-order chi connectivity index (χ0) is 48.1. The number of hydrogen-bond acceptors (Lipinski definition) is 11. The van der Waals surface area contributed by atoms with Gasteiger partial charge in [0.15, 0.2) is 0 Å². The van der Waals surface area contributed by atoms with Gasteiger partial charge in [-0.3, -0.25) is 31.5 Å². The molecule has 4 aromatic carbocycles. The molecular formula is C51H68N8O7. The predicted octanol–water partition coefficient (Wildman–Crippen LogP) is 5.79. The van der Waals surface area contributed by atoms with Gasteiger partial charge in [-0.15, -0.1) is 0 Å². The number of methoxy groups -OCH3 is 1. The lowest BCUT2D eigenvalue weighted by molar-refractivity contribution is 0.0598. The van der Waals surface area contributed by atoms with Crippen LogP contribution in [-0.2, 0) is 30.4 Å². The molecule has 2 fully saturated rings. The van der Waals surface area contributed by atoms with Gasteiger partial charge in [0, 0.05) is 49.5 Å². The first-order valence-electron chi connectivity index (χ1n) is 22.4. The lowest BCUT2D eigenvalue weighted by Gasteiger charge is -2.33. The van der Waals surface area contributed by atoms with Crippen molar-refractivity contribution in [3.05, 3.63) is 140 Å². The Morgan fingerprint density at radius 2 is 0.939 bits per heavy atom. The van der Waals surface area contributed by atoms with E-state index in [4.69, 9.17) is 26.2 Å². The van der Waals surface area contributed by atoms with E-state index >= 15 is 0 Å². The third-order valence-electron chi connectivity index (χ3n) is 12.0. The highest BCUT2D eigenvalue weighted by molar-refractivity contribution is 6.02. The van der Waals surface area contributed by atoms with E-state index in [9.17, 15) is 19.2 Å². The first-order valence-corrected chi connectivity index (χ1v) is 22.4. The maximum Gasteiger partial charge on any atom is 0.338 e. The number of piperidine rings is 2. The van der Waals surface area contributed by atoms with Crippen molar-refractivity contribution < 1.29 is 34.5 Å². The summed E-state index contributed by atoms with van der Waals surface area (Å²) in [7, 11) is 1.37. The molecule has 0 unspecified atom stereocenters. The molecule has 0 saturated carbocycles. The minimum absolute atomic E-state index is 0. The molecule has 6 rings (SSSR count). The molecule has 2 saturated heterocycles. The molecule has 0 spiro atoms. The van der Waals surface area contributed by atoms with E-state index in [2.05, 4.69) is 29.2 Å². The summed E-state index contributed by atoms with van der Waals surface area (Å²) < 4.78 is 4.93. The number of nitrogens with two attached hydrogens (primary N) is 3. The maximum atomic E-state index is 13.3. The number of nitrogens with one attached hydrogen (secondary N) is 1. The smallest absolute Gasteiger partial charge is 0.338 e. The van der Waals surface area contributed by atoms with Gasteiger partial charge in [-0.1, -0.05) is 64.1 Å². The number of aliphatic hydroxyl groups excluding tert-OH is 1. The minimum atomic E-state index is -0.400. The van der Waals surface area contributed by atoms with Crippen LogP contribution in [-0.4, -0.2) is 84.0 Å². The van der Waals surface area contributed by atoms with Gasteiger partial charge in [-0.2, -0.15) is 10.5 Å². The quantitative estimate of drug-likeness (QED) is 0.0550. The number of carbonyl (C=O) groups excluding carboxylic acids is 4. The Labute approximate surface area is 389 Å². The van der Waals surface area contributed by atoms with E-state index in [1.54, 1.807) is 19.1 Å². The van der Waals surface area contributed by atoms with Crippen LogP contribution in [0.5, 0.6) is 0 Å². The molecule has 2 aliphatic rings. The SMILES string of the molecule is CCO.CCc1cc(CC)c(C(=O)N2CCC(c3ccc(C#N)cc3)CC2)cc1C(=O)NN.CCc1cc(CC)c(C(=O)N2CCC(c3ccc(C#N)cc3)CC2)cc1C(=O)OC.NN.O. The van der Waals surface area contributed by atoms with E-state index < -0.39 is 5.97 Å². The third kappa shape index (κ3) is 14.3. The number of benzene rings is 4. The number of hydrazine groups is 2. The van der Waals surface area contributed by atoms with Crippen LogP contribution in [0.4, 0.5) is 0 Å². The number of esters is 1. The normalized spacial score (nSPS) is 13.3. The highest BCUT2D eigenvalue weighted by Crippen LogP contribution is 2.32. The first kappa shape index (κ1) is 55.7. The van der Waals surface area contributed by atoms with E-state index in [1.165, 1.54) is 18.2 Å². The number of likely N-dealkylation sites (tertiary alicyclic amines) is 2. The molecule has 3 amide bonds. The van der Waals surface area contributed by atoms with Crippen molar-refractivity contribution in [3.8, 4) is 12.1 Å². The zero-order valence-corrected chi connectivity index (χ0v) is 39.3. The third-order valence-corrected chi connectivity index (χ3v) is 12.0. The number of carbonyl (C=O) groups is 4. The van der Waals surface area contributed by atoms with Gasteiger partial charge in [0.1, 0.15) is 0 Å². The molecule has 10 N–H and O–H groups in total. The van der Waals surface area contributed by atoms with Crippen LogP contribution < -0.4 is 23.0 Å². The Bertz CT molecular complexity index is 2130. The predicted molar refractivity (Wildman–Crippen MR) is 256 cm³/mol. The van der Waals surface area contributed by atoms with Crippen molar-refractivity contribution >= 4 is 23.7 Å². The Balaban J connectivity index is 0.000000408. The molecule has 4 aromatic rings. The van der Waals surface area contributed by atoms with Crippen LogP contribution in [0.1, 0.15) is 158 Å². The van der Waals surface area contributed by atoms with Crippen LogP contribution in [0.15, 0.2) is 72.8 Å². The number of nitriles is 2. The van der Waals surface area contributed by atoms with Gasteiger partial charge in [0.2, 0.25) is 0 Å². The number of nitrogen functional groups attached to an aromatic ring is 1. The van der Waals surface area contributed by atoms with Gasteiger partial charge in [0.05, 0.1) is 35.9 Å². The summed E-state index contributed by atoms with van der Waals surface area (Å²) in [6.07, 6.45) is 6.39. The molecule has 66 heavy (non-hydrogen) atoms. The second-order valence-corrected chi connectivity index (χ2v) is 15.6. The highest BCUT2D eigenvalue weighted by atomic mass is 16.5. The van der Waals surface area contributed by atoms with Gasteiger partial charge in [-0.05, 0) is 140 Å². The summed E-state index contributed by atoms with van der Waals surface area (Å²) in [4.78, 5) is 54.8. The second kappa shape index (κ2) is 28.4. The molecule has 0 aromatic heterocycles. The van der Waals surface area contributed by atoms with Crippen molar-refractivity contribution in [2.45, 2.75) is 97.8 Å². The Morgan fingerprint density at radius 3 is 1.24 bits per heavy atom. The van der Waals surface area contributed by atoms with Crippen LogP contribution in [0.2, 0.25) is 0 Å². The van der Waals surface area contributed by atoms with Gasteiger partial charge >= 0.3 is 5.97 Å². The fourth-order valence-corrected chi connectivity index (χ4v) is 8.38. The van der Waals surface area contributed by atoms with Crippen molar-refractivity contribution in [2.75, 3.05) is 39.9 Å². The molecule has 0 aliphatic carbocycles. The van der Waals surface area contributed by atoms with Gasteiger partial charge in [0.25, 0.3) is 17.7 Å². The topological polar surface area (TPSA) is 273 Å². The van der Waals surface area contributed by atoms with E-state index in [1.807, 2.05) is 98.2 Å². The van der Waals surface area contributed by atoms with E-state index in [0.29, 0.717) is 84.2 Å². The summed E-state index contributed by atoms with van der Waals surface area (Å²) >= 11 is 0.